The summed E-state index contributed by atoms with van der Waals surface area (Å²) in [5.41, 5.74) is 2.72. The number of benzene rings is 2. The average Bonchev–Trinajstić information content (AvgIpc) is 3.12. The van der Waals surface area contributed by atoms with Gasteiger partial charge < -0.3 is 19.7 Å². The minimum Gasteiger partial charge on any atom is -0.489 e. The number of carboxylic acids is 1. The molecular weight excluding hydrogens is 430 g/mol. The zero-order valence-corrected chi connectivity index (χ0v) is 18.8. The van der Waals surface area contributed by atoms with Gasteiger partial charge in [0.1, 0.15) is 18.4 Å². The summed E-state index contributed by atoms with van der Waals surface area (Å²) in [7, 11) is 0. The number of aromatic nitrogens is 3. The minimum absolute atomic E-state index is 0.456. The Morgan fingerprint density at radius 3 is 2.65 bits per heavy atom. The molecule has 2 N–H and O–H groups in total. The lowest BCUT2D eigenvalue weighted by Crippen LogP contribution is -2.37. The lowest BCUT2D eigenvalue weighted by molar-refractivity contribution is -0.143. The molecule has 8 nitrogen and oxygen atoms in total. The number of rotatable bonds is 7. The molecule has 1 saturated heterocycles. The molecule has 3 heterocycles. The van der Waals surface area contributed by atoms with Crippen molar-refractivity contribution in [1.29, 1.82) is 0 Å². The van der Waals surface area contributed by atoms with E-state index in [1.165, 1.54) is 0 Å². The van der Waals surface area contributed by atoms with Crippen molar-refractivity contribution in [3.05, 3.63) is 84.3 Å². The van der Waals surface area contributed by atoms with Crippen LogP contribution in [0.2, 0.25) is 0 Å². The van der Waals surface area contributed by atoms with Crippen LogP contribution >= 0.6 is 0 Å². The van der Waals surface area contributed by atoms with Gasteiger partial charge in [0.25, 0.3) is 0 Å². The lowest BCUT2D eigenvalue weighted by Gasteiger charge is -2.27. The summed E-state index contributed by atoms with van der Waals surface area (Å²) in [5, 5.41) is 11.1. The number of fused-ring (bicyclic) bond motifs is 1. The van der Waals surface area contributed by atoms with Gasteiger partial charge in [0.05, 0.1) is 0 Å². The molecule has 4 aromatic rings. The van der Waals surface area contributed by atoms with Crippen LogP contribution in [0.3, 0.4) is 0 Å². The summed E-state index contributed by atoms with van der Waals surface area (Å²) in [4.78, 5) is 28.6. The van der Waals surface area contributed by atoms with Gasteiger partial charge >= 0.3 is 5.97 Å². The number of anilines is 1. The fraction of sp³-hybridized carbons (Fsp3) is 0.269. The number of aromatic amines is 1. The second kappa shape index (κ2) is 9.93. The van der Waals surface area contributed by atoms with Crippen molar-refractivity contribution in [3.8, 4) is 5.75 Å². The highest BCUT2D eigenvalue weighted by Crippen LogP contribution is 2.32. The van der Waals surface area contributed by atoms with Gasteiger partial charge in [-0.25, -0.2) is 9.97 Å². The highest BCUT2D eigenvalue weighted by molar-refractivity contribution is 5.90. The van der Waals surface area contributed by atoms with Crippen LogP contribution in [0.1, 0.15) is 23.6 Å². The summed E-state index contributed by atoms with van der Waals surface area (Å²) in [6, 6.07) is 16.8. The third kappa shape index (κ3) is 4.72. The molecule has 1 aliphatic heterocycles. The number of ether oxygens (including phenoxy) is 1. The second-order valence-electron chi connectivity index (χ2n) is 8.39. The van der Waals surface area contributed by atoms with E-state index >= 15 is 0 Å². The van der Waals surface area contributed by atoms with Gasteiger partial charge in [0.2, 0.25) is 5.95 Å². The number of carboxylic acid groups (broad SMARTS) is 1. The van der Waals surface area contributed by atoms with Gasteiger partial charge in [0, 0.05) is 61.2 Å². The Bertz CT molecular complexity index is 1250. The maximum absolute atomic E-state index is 12.5. The molecule has 0 unspecified atom stereocenters. The van der Waals surface area contributed by atoms with Crippen LogP contribution in [0.25, 0.3) is 10.9 Å². The number of H-pyrrole nitrogens is 1. The quantitative estimate of drug-likeness (QED) is 0.435. The molecule has 0 radical (unpaired) electrons. The Labute approximate surface area is 197 Å². The Morgan fingerprint density at radius 1 is 1.03 bits per heavy atom. The summed E-state index contributed by atoms with van der Waals surface area (Å²) in [6.45, 7) is 3.20. The third-order valence-corrected chi connectivity index (χ3v) is 6.19. The predicted octanol–water partition coefficient (Wildman–Crippen LogP) is 3.87. The van der Waals surface area contributed by atoms with Crippen molar-refractivity contribution in [1.82, 2.24) is 19.9 Å². The molecule has 34 heavy (non-hydrogen) atoms. The van der Waals surface area contributed by atoms with Crippen molar-refractivity contribution in [2.75, 3.05) is 31.1 Å². The molecule has 0 amide bonds. The summed E-state index contributed by atoms with van der Waals surface area (Å²) < 4.78 is 6.00. The van der Waals surface area contributed by atoms with Gasteiger partial charge in [-0.2, -0.15) is 0 Å². The Balaban J connectivity index is 1.37. The zero-order valence-electron chi connectivity index (χ0n) is 18.8. The van der Waals surface area contributed by atoms with Crippen LogP contribution in [0.15, 0.2) is 73.2 Å². The van der Waals surface area contributed by atoms with E-state index in [1.807, 2.05) is 59.6 Å². The van der Waals surface area contributed by atoms with Crippen LogP contribution in [-0.4, -0.2) is 57.1 Å². The molecule has 0 spiro atoms. The Morgan fingerprint density at radius 2 is 1.85 bits per heavy atom. The number of hydrogen-bond acceptors (Lipinski definition) is 6. The van der Waals surface area contributed by atoms with E-state index in [9.17, 15) is 9.90 Å². The van der Waals surface area contributed by atoms with Gasteiger partial charge in [-0.1, -0.05) is 30.3 Å². The molecule has 5 rings (SSSR count). The first-order valence-corrected chi connectivity index (χ1v) is 11.5. The van der Waals surface area contributed by atoms with E-state index in [2.05, 4.69) is 19.9 Å². The van der Waals surface area contributed by atoms with Crippen LogP contribution in [0.5, 0.6) is 5.75 Å². The summed E-state index contributed by atoms with van der Waals surface area (Å²) in [6.07, 6.45) is 6.10. The molecule has 0 aliphatic carbocycles. The van der Waals surface area contributed by atoms with Crippen LogP contribution in [0.4, 0.5) is 5.95 Å². The van der Waals surface area contributed by atoms with Crippen molar-refractivity contribution in [2.45, 2.75) is 19.1 Å². The number of nitrogens with zero attached hydrogens (tertiary/aromatic N) is 4. The van der Waals surface area contributed by atoms with Gasteiger partial charge in [-0.05, 0) is 36.2 Å². The molecular formula is C26H27N5O3. The largest absolute Gasteiger partial charge is 0.489 e. The maximum Gasteiger partial charge on any atom is 0.325 e. The highest BCUT2D eigenvalue weighted by atomic mass is 16.5. The van der Waals surface area contributed by atoms with Crippen molar-refractivity contribution in [2.24, 2.45) is 0 Å². The van der Waals surface area contributed by atoms with Crippen molar-refractivity contribution in [3.63, 3.8) is 0 Å². The summed E-state index contributed by atoms with van der Waals surface area (Å²) >= 11 is 0. The topological polar surface area (TPSA) is 94.6 Å². The SMILES string of the molecule is O=C(O)[C@@H](c1c[nH]c2ccc(OCc3ccccc3)cc12)N1CCCN(c2ncccn2)CC1. The molecule has 2 aromatic heterocycles. The third-order valence-electron chi connectivity index (χ3n) is 6.19. The molecule has 2 aromatic carbocycles. The van der Waals surface area contributed by atoms with Gasteiger partial charge in [-0.3, -0.25) is 9.69 Å². The van der Waals surface area contributed by atoms with E-state index in [0.29, 0.717) is 37.9 Å². The normalized spacial score (nSPS) is 15.7. The van der Waals surface area contributed by atoms with Gasteiger partial charge in [-0.15, -0.1) is 0 Å². The zero-order chi connectivity index (χ0) is 23.3. The smallest absolute Gasteiger partial charge is 0.325 e. The fourth-order valence-electron chi connectivity index (χ4n) is 4.51. The second-order valence-corrected chi connectivity index (χ2v) is 8.39. The Kier molecular flexibility index (Phi) is 6.40. The fourth-order valence-corrected chi connectivity index (χ4v) is 4.51. The lowest BCUT2D eigenvalue weighted by atomic mass is 10.0. The Hall–Kier alpha value is -3.91. The molecule has 0 saturated carbocycles. The van der Waals surface area contributed by atoms with Crippen LogP contribution in [0, 0.1) is 0 Å². The molecule has 8 heteroatoms. The van der Waals surface area contributed by atoms with E-state index in [-0.39, 0.29) is 0 Å². The van der Waals surface area contributed by atoms with Crippen molar-refractivity contribution < 1.29 is 14.6 Å². The average molecular weight is 458 g/mol. The monoisotopic (exact) mass is 457 g/mol. The number of carbonyl (C=O) groups is 1. The molecule has 174 valence electrons. The maximum atomic E-state index is 12.5. The van der Waals surface area contributed by atoms with Crippen LogP contribution in [-0.2, 0) is 11.4 Å². The highest BCUT2D eigenvalue weighted by Gasteiger charge is 2.31. The number of nitrogens with one attached hydrogen (secondary N) is 1. The van der Waals surface area contributed by atoms with Gasteiger partial charge in [0.15, 0.2) is 0 Å². The number of hydrogen-bond donors (Lipinski definition) is 2. The van der Waals surface area contributed by atoms with E-state index in [1.54, 1.807) is 18.5 Å². The van der Waals surface area contributed by atoms with E-state index < -0.39 is 12.0 Å². The van der Waals surface area contributed by atoms with Crippen molar-refractivity contribution >= 4 is 22.8 Å². The van der Waals surface area contributed by atoms with E-state index in [0.717, 1.165) is 35.0 Å². The molecule has 1 atom stereocenters. The summed E-state index contributed by atoms with van der Waals surface area (Å²) in [5.74, 6) is 0.536. The number of aliphatic carboxylic acids is 1. The predicted molar refractivity (Wildman–Crippen MR) is 130 cm³/mol. The standard InChI is InChI=1S/C26H27N5O3/c32-25(33)24(30-12-5-13-31(15-14-30)26-27-10-4-11-28-26)22-17-29-23-9-8-20(16-21(22)23)34-18-19-6-2-1-3-7-19/h1-4,6-11,16-17,24,29H,5,12-15,18H2,(H,32,33)/t24-/m1/s1. The molecule has 1 aliphatic rings. The van der Waals surface area contributed by atoms with E-state index in [4.69, 9.17) is 4.74 Å². The first-order chi connectivity index (χ1) is 16.7. The minimum atomic E-state index is -0.860. The molecule has 1 fully saturated rings. The first kappa shape index (κ1) is 21.9. The molecule has 0 bridgehead atoms. The first-order valence-electron chi connectivity index (χ1n) is 11.5. The van der Waals surface area contributed by atoms with Crippen LogP contribution < -0.4 is 9.64 Å².